The van der Waals surface area contributed by atoms with Gasteiger partial charge in [-0.05, 0) is 36.5 Å². The third kappa shape index (κ3) is 4.01. The number of nitrogens with zero attached hydrogens (tertiary/aromatic N) is 1. The van der Waals surface area contributed by atoms with Crippen molar-refractivity contribution in [2.45, 2.75) is 78.8 Å². The molecule has 1 saturated heterocycles. The van der Waals surface area contributed by atoms with Gasteiger partial charge in [0.1, 0.15) is 0 Å². The molecule has 1 N–H and O–H groups in total. The molecule has 1 spiro atoms. The smallest absolute Gasteiger partial charge is 0.0309 e. The van der Waals surface area contributed by atoms with Crippen LogP contribution in [0.2, 0.25) is 0 Å². The Morgan fingerprint density at radius 1 is 1.00 bits per heavy atom. The third-order valence-electron chi connectivity index (χ3n) is 6.15. The summed E-state index contributed by atoms with van der Waals surface area (Å²) in [4.78, 5) is 2.86. The van der Waals surface area contributed by atoms with Crippen LogP contribution in [0.3, 0.4) is 0 Å². The molecule has 0 bridgehead atoms. The van der Waals surface area contributed by atoms with Crippen LogP contribution in [0.4, 0.5) is 0 Å². The lowest BCUT2D eigenvalue weighted by molar-refractivity contribution is 0.0298. The topological polar surface area (TPSA) is 15.3 Å². The molecule has 1 saturated carbocycles. The zero-order chi connectivity index (χ0) is 15.6. The molecule has 0 amide bonds. The lowest BCUT2D eigenvalue weighted by Gasteiger charge is -2.49. The Labute approximate surface area is 133 Å². The van der Waals surface area contributed by atoms with E-state index in [0.29, 0.717) is 5.54 Å². The minimum Gasteiger partial charge on any atom is -0.308 e. The SMILES string of the molecule is CC(C)C(CN1CC2(CCCC2)NCC1C(C)C)C(C)C. The Balaban J connectivity index is 2.10. The van der Waals surface area contributed by atoms with Crippen LogP contribution in [0.5, 0.6) is 0 Å². The van der Waals surface area contributed by atoms with Crippen molar-refractivity contribution in [3.63, 3.8) is 0 Å². The minimum absolute atomic E-state index is 0.448. The first-order valence-corrected chi connectivity index (χ1v) is 9.34. The first-order chi connectivity index (χ1) is 9.84. The molecule has 0 aromatic carbocycles. The Morgan fingerprint density at radius 2 is 1.57 bits per heavy atom. The number of rotatable bonds is 5. The molecule has 2 aliphatic rings. The summed E-state index contributed by atoms with van der Waals surface area (Å²) >= 11 is 0. The van der Waals surface area contributed by atoms with E-state index in [-0.39, 0.29) is 0 Å². The zero-order valence-corrected chi connectivity index (χ0v) is 15.3. The van der Waals surface area contributed by atoms with Crippen LogP contribution >= 0.6 is 0 Å². The largest absolute Gasteiger partial charge is 0.308 e. The van der Waals surface area contributed by atoms with Crippen molar-refractivity contribution in [3.8, 4) is 0 Å². The fourth-order valence-corrected chi connectivity index (χ4v) is 4.72. The fourth-order valence-electron chi connectivity index (χ4n) is 4.72. The van der Waals surface area contributed by atoms with E-state index >= 15 is 0 Å². The molecule has 0 aromatic rings. The average molecular weight is 295 g/mol. The Hall–Kier alpha value is -0.0800. The number of hydrogen-bond donors (Lipinski definition) is 1. The second-order valence-corrected chi connectivity index (χ2v) is 8.76. The van der Waals surface area contributed by atoms with E-state index < -0.39 is 0 Å². The predicted octanol–water partition coefficient (Wildman–Crippen LogP) is 4.16. The maximum absolute atomic E-state index is 3.95. The van der Waals surface area contributed by atoms with E-state index in [1.165, 1.54) is 45.3 Å². The lowest BCUT2D eigenvalue weighted by atomic mass is 9.82. The van der Waals surface area contributed by atoms with Crippen molar-refractivity contribution in [3.05, 3.63) is 0 Å². The summed E-state index contributed by atoms with van der Waals surface area (Å²) in [6.07, 6.45) is 5.63. The second-order valence-electron chi connectivity index (χ2n) is 8.76. The van der Waals surface area contributed by atoms with Gasteiger partial charge in [0.2, 0.25) is 0 Å². The monoisotopic (exact) mass is 294 g/mol. The Kier molecular flexibility index (Phi) is 5.76. The summed E-state index contributed by atoms with van der Waals surface area (Å²) in [5, 5.41) is 3.95. The molecule has 0 radical (unpaired) electrons. The zero-order valence-electron chi connectivity index (χ0n) is 15.3. The predicted molar refractivity (Wildman–Crippen MR) is 92.6 cm³/mol. The van der Waals surface area contributed by atoms with E-state index in [2.05, 4.69) is 51.8 Å². The quantitative estimate of drug-likeness (QED) is 0.819. The van der Waals surface area contributed by atoms with Crippen LogP contribution in [0.1, 0.15) is 67.2 Å². The van der Waals surface area contributed by atoms with Crippen molar-refractivity contribution in [2.24, 2.45) is 23.7 Å². The van der Waals surface area contributed by atoms with Gasteiger partial charge in [0.25, 0.3) is 0 Å². The highest BCUT2D eigenvalue weighted by Crippen LogP contribution is 2.35. The van der Waals surface area contributed by atoms with Crippen molar-refractivity contribution in [1.29, 1.82) is 0 Å². The molecule has 2 fully saturated rings. The Morgan fingerprint density at radius 3 is 2.05 bits per heavy atom. The summed E-state index contributed by atoms with van der Waals surface area (Å²) < 4.78 is 0. The van der Waals surface area contributed by atoms with Gasteiger partial charge in [0, 0.05) is 31.2 Å². The summed E-state index contributed by atoms with van der Waals surface area (Å²) in [7, 11) is 0. The molecule has 21 heavy (non-hydrogen) atoms. The molecular formula is C19H38N2. The lowest BCUT2D eigenvalue weighted by Crippen LogP contribution is -2.65. The van der Waals surface area contributed by atoms with Gasteiger partial charge in [-0.2, -0.15) is 0 Å². The third-order valence-corrected chi connectivity index (χ3v) is 6.15. The molecular weight excluding hydrogens is 256 g/mol. The van der Waals surface area contributed by atoms with Gasteiger partial charge in [-0.25, -0.2) is 0 Å². The molecule has 2 rings (SSSR count). The van der Waals surface area contributed by atoms with E-state index in [4.69, 9.17) is 0 Å². The molecule has 1 aliphatic carbocycles. The highest BCUT2D eigenvalue weighted by atomic mass is 15.3. The van der Waals surface area contributed by atoms with Gasteiger partial charge in [0.05, 0.1) is 0 Å². The molecule has 124 valence electrons. The normalized spacial score (nSPS) is 26.9. The van der Waals surface area contributed by atoms with Crippen LogP contribution in [-0.4, -0.2) is 36.1 Å². The van der Waals surface area contributed by atoms with Crippen LogP contribution < -0.4 is 5.32 Å². The molecule has 0 aromatic heterocycles. The summed E-state index contributed by atoms with van der Waals surface area (Å²) in [5.74, 6) is 3.14. The van der Waals surface area contributed by atoms with Crippen LogP contribution in [0, 0.1) is 23.7 Å². The number of hydrogen-bond acceptors (Lipinski definition) is 2. The van der Waals surface area contributed by atoms with Crippen LogP contribution in [0.15, 0.2) is 0 Å². The molecule has 1 unspecified atom stereocenters. The average Bonchev–Trinajstić information content (AvgIpc) is 2.83. The molecule has 1 aliphatic heterocycles. The molecule has 1 heterocycles. The summed E-state index contributed by atoms with van der Waals surface area (Å²) in [5.41, 5.74) is 0.448. The highest BCUT2D eigenvalue weighted by Gasteiger charge is 2.42. The fraction of sp³-hybridized carbons (Fsp3) is 1.00. The standard InChI is InChI=1S/C19H38N2/c1-14(2)17(15(3)4)12-21-13-19(9-7-8-10-19)20-11-18(21)16(5)6/h14-18,20H,7-13H2,1-6H3. The van der Waals surface area contributed by atoms with Crippen LogP contribution in [-0.2, 0) is 0 Å². The Bertz CT molecular complexity index is 308. The van der Waals surface area contributed by atoms with Gasteiger partial charge < -0.3 is 5.32 Å². The molecule has 2 heteroatoms. The van der Waals surface area contributed by atoms with Crippen LogP contribution in [0.25, 0.3) is 0 Å². The minimum atomic E-state index is 0.448. The van der Waals surface area contributed by atoms with Gasteiger partial charge in [-0.15, -0.1) is 0 Å². The van der Waals surface area contributed by atoms with Gasteiger partial charge in [0.15, 0.2) is 0 Å². The van der Waals surface area contributed by atoms with E-state index in [0.717, 1.165) is 29.7 Å². The molecule has 1 atom stereocenters. The maximum atomic E-state index is 3.95. The van der Waals surface area contributed by atoms with Crippen molar-refractivity contribution < 1.29 is 0 Å². The van der Waals surface area contributed by atoms with E-state index in [1.54, 1.807) is 0 Å². The van der Waals surface area contributed by atoms with Gasteiger partial charge in [-0.1, -0.05) is 54.4 Å². The first kappa shape index (κ1) is 17.3. The van der Waals surface area contributed by atoms with Crippen molar-refractivity contribution in [1.82, 2.24) is 10.2 Å². The summed E-state index contributed by atoms with van der Waals surface area (Å²) in [6.45, 7) is 18.2. The number of nitrogens with one attached hydrogen (secondary N) is 1. The van der Waals surface area contributed by atoms with E-state index in [1.807, 2.05) is 0 Å². The maximum Gasteiger partial charge on any atom is 0.0309 e. The van der Waals surface area contributed by atoms with Crippen molar-refractivity contribution in [2.75, 3.05) is 19.6 Å². The van der Waals surface area contributed by atoms with Gasteiger partial charge >= 0.3 is 0 Å². The molecule has 2 nitrogen and oxygen atoms in total. The summed E-state index contributed by atoms with van der Waals surface area (Å²) in [6, 6.07) is 0.719. The second kappa shape index (κ2) is 7.00. The van der Waals surface area contributed by atoms with Crippen molar-refractivity contribution >= 4 is 0 Å². The highest BCUT2D eigenvalue weighted by molar-refractivity contribution is 5.02. The first-order valence-electron chi connectivity index (χ1n) is 9.34. The van der Waals surface area contributed by atoms with E-state index in [9.17, 15) is 0 Å². The van der Waals surface area contributed by atoms with Gasteiger partial charge in [-0.3, -0.25) is 4.90 Å². The number of piperazine rings is 1.